The van der Waals surface area contributed by atoms with Crippen LogP contribution in [0, 0.1) is 5.92 Å². The number of amides is 1. The molecule has 6 nitrogen and oxygen atoms in total. The number of ether oxygens (including phenoxy) is 1. The van der Waals surface area contributed by atoms with Crippen molar-refractivity contribution in [1.29, 1.82) is 0 Å². The van der Waals surface area contributed by atoms with Gasteiger partial charge >= 0.3 is 0 Å². The molecule has 6 rings (SSSR count). The SMILES string of the molecule is C[C@H]1[C@H](NC(=O)c2ccc(Sc3nc(C4COCCN4)cs3)cc2)C2CCN1CC2. The number of hydrogen-bond donors (Lipinski definition) is 2. The maximum Gasteiger partial charge on any atom is 0.251 e. The molecule has 0 saturated carbocycles. The zero-order valence-electron chi connectivity index (χ0n) is 17.2. The first-order valence-corrected chi connectivity index (χ1v) is 12.5. The van der Waals surface area contributed by atoms with E-state index < -0.39 is 0 Å². The Labute approximate surface area is 185 Å². The van der Waals surface area contributed by atoms with Gasteiger partial charge in [0.15, 0.2) is 4.34 Å². The molecule has 4 fully saturated rings. The fourth-order valence-corrected chi connectivity index (χ4v) is 6.63. The maximum atomic E-state index is 12.8. The van der Waals surface area contributed by atoms with Crippen molar-refractivity contribution in [3.8, 4) is 0 Å². The van der Waals surface area contributed by atoms with Crippen molar-refractivity contribution in [2.75, 3.05) is 32.8 Å². The van der Waals surface area contributed by atoms with Crippen molar-refractivity contribution in [3.63, 3.8) is 0 Å². The highest BCUT2D eigenvalue weighted by atomic mass is 32.2. The summed E-state index contributed by atoms with van der Waals surface area (Å²) < 4.78 is 6.54. The smallest absolute Gasteiger partial charge is 0.251 e. The van der Waals surface area contributed by atoms with Gasteiger partial charge in [-0.05, 0) is 63.0 Å². The Kier molecular flexibility index (Phi) is 6.11. The third-order valence-electron chi connectivity index (χ3n) is 6.58. The topological polar surface area (TPSA) is 66.5 Å². The maximum absolute atomic E-state index is 12.8. The molecule has 160 valence electrons. The predicted octanol–water partition coefficient (Wildman–Crippen LogP) is 3.17. The largest absolute Gasteiger partial charge is 0.378 e. The van der Waals surface area contributed by atoms with Crippen LogP contribution in [0.1, 0.15) is 41.9 Å². The molecule has 5 heterocycles. The first-order chi connectivity index (χ1) is 14.7. The Morgan fingerprint density at radius 2 is 2.10 bits per heavy atom. The van der Waals surface area contributed by atoms with Crippen LogP contribution in [0.2, 0.25) is 0 Å². The molecule has 1 amide bonds. The molecule has 1 aromatic carbocycles. The zero-order valence-corrected chi connectivity index (χ0v) is 18.8. The van der Waals surface area contributed by atoms with Gasteiger partial charge in [-0.15, -0.1) is 11.3 Å². The van der Waals surface area contributed by atoms with Crippen LogP contribution in [0.25, 0.3) is 0 Å². The van der Waals surface area contributed by atoms with Gasteiger partial charge in [0, 0.05) is 34.5 Å². The van der Waals surface area contributed by atoms with E-state index in [1.807, 2.05) is 24.3 Å². The number of nitrogens with zero attached hydrogens (tertiary/aromatic N) is 2. The molecule has 2 bridgehead atoms. The molecule has 30 heavy (non-hydrogen) atoms. The number of carbonyl (C=O) groups is 1. The standard InChI is InChI=1S/C22H28N4O2S2/c1-14-20(15-6-9-26(14)10-7-15)25-21(27)16-2-4-17(5-3-16)30-22-24-19(13-29-22)18-12-28-11-8-23-18/h2-5,13-15,18,20,23H,6-12H2,1H3,(H,25,27)/t14-,18?,20-/m0/s1. The van der Waals surface area contributed by atoms with E-state index in [9.17, 15) is 4.79 Å². The fourth-order valence-electron chi connectivity index (χ4n) is 4.79. The van der Waals surface area contributed by atoms with Crippen LogP contribution < -0.4 is 10.6 Å². The van der Waals surface area contributed by atoms with E-state index in [2.05, 4.69) is 27.8 Å². The summed E-state index contributed by atoms with van der Waals surface area (Å²) in [7, 11) is 0. The number of rotatable bonds is 5. The summed E-state index contributed by atoms with van der Waals surface area (Å²) in [5.41, 5.74) is 1.77. The van der Waals surface area contributed by atoms with E-state index in [1.54, 1.807) is 23.1 Å². The van der Waals surface area contributed by atoms with Crippen molar-refractivity contribution in [1.82, 2.24) is 20.5 Å². The van der Waals surface area contributed by atoms with Gasteiger partial charge in [0.2, 0.25) is 0 Å². The Balaban J connectivity index is 1.19. The van der Waals surface area contributed by atoms with Crippen molar-refractivity contribution in [2.24, 2.45) is 5.92 Å². The number of thiazole rings is 1. The number of piperidine rings is 3. The van der Waals surface area contributed by atoms with Gasteiger partial charge in [0.05, 0.1) is 24.9 Å². The van der Waals surface area contributed by atoms with Crippen LogP contribution in [-0.2, 0) is 4.74 Å². The van der Waals surface area contributed by atoms with E-state index >= 15 is 0 Å². The van der Waals surface area contributed by atoms with Gasteiger partial charge in [-0.1, -0.05) is 11.8 Å². The molecule has 1 unspecified atom stereocenters. The fraction of sp³-hybridized carbons (Fsp3) is 0.545. The van der Waals surface area contributed by atoms with Crippen molar-refractivity contribution in [3.05, 3.63) is 40.9 Å². The molecule has 4 aliphatic rings. The van der Waals surface area contributed by atoms with Gasteiger partial charge < -0.3 is 15.4 Å². The van der Waals surface area contributed by atoms with Crippen molar-refractivity contribution >= 4 is 29.0 Å². The van der Waals surface area contributed by atoms with Gasteiger partial charge in [0.1, 0.15) is 0 Å². The summed E-state index contributed by atoms with van der Waals surface area (Å²) in [5, 5.41) is 8.85. The number of nitrogens with one attached hydrogen (secondary N) is 2. The van der Waals surface area contributed by atoms with Crippen molar-refractivity contribution < 1.29 is 9.53 Å². The van der Waals surface area contributed by atoms with Gasteiger partial charge in [0.25, 0.3) is 5.91 Å². The summed E-state index contributed by atoms with van der Waals surface area (Å²) in [6.07, 6.45) is 2.40. The van der Waals surface area contributed by atoms with E-state index in [1.165, 1.54) is 25.9 Å². The number of morpholine rings is 1. The lowest BCUT2D eigenvalue weighted by Crippen LogP contribution is -2.62. The second-order valence-electron chi connectivity index (χ2n) is 8.36. The van der Waals surface area contributed by atoms with E-state index in [-0.39, 0.29) is 18.0 Å². The third-order valence-corrected chi connectivity index (χ3v) is 8.54. The molecule has 8 heteroatoms. The minimum absolute atomic E-state index is 0.0389. The van der Waals surface area contributed by atoms with E-state index in [4.69, 9.17) is 9.72 Å². The first kappa shape index (κ1) is 20.5. The summed E-state index contributed by atoms with van der Waals surface area (Å²) >= 11 is 3.29. The average molecular weight is 445 g/mol. The molecule has 3 atom stereocenters. The minimum Gasteiger partial charge on any atom is -0.378 e. The highest BCUT2D eigenvalue weighted by molar-refractivity contribution is 8.01. The zero-order chi connectivity index (χ0) is 20.5. The number of benzene rings is 1. The molecule has 4 saturated heterocycles. The summed E-state index contributed by atoms with van der Waals surface area (Å²) in [6.45, 7) is 6.90. The lowest BCUT2D eigenvalue weighted by Gasteiger charge is -2.49. The summed E-state index contributed by atoms with van der Waals surface area (Å²) in [4.78, 5) is 21.2. The molecule has 0 spiro atoms. The molecule has 1 aromatic heterocycles. The molecule has 0 aliphatic carbocycles. The minimum atomic E-state index is 0.0389. The monoisotopic (exact) mass is 444 g/mol. The van der Waals surface area contributed by atoms with Crippen LogP contribution in [0.4, 0.5) is 0 Å². The second-order valence-corrected chi connectivity index (χ2v) is 10.5. The van der Waals surface area contributed by atoms with Gasteiger partial charge in [-0.3, -0.25) is 9.69 Å². The van der Waals surface area contributed by atoms with Gasteiger partial charge in [-0.25, -0.2) is 4.98 Å². The van der Waals surface area contributed by atoms with Crippen LogP contribution in [0.3, 0.4) is 0 Å². The van der Waals surface area contributed by atoms with E-state index in [0.717, 1.165) is 33.6 Å². The Hall–Kier alpha value is -1.45. The molecular weight excluding hydrogens is 416 g/mol. The first-order valence-electron chi connectivity index (χ1n) is 10.8. The summed E-state index contributed by atoms with van der Waals surface area (Å²) in [5.74, 6) is 0.656. The number of carbonyl (C=O) groups excluding carboxylic acids is 1. The Bertz CT molecular complexity index is 872. The lowest BCUT2D eigenvalue weighted by molar-refractivity contribution is 0.0217. The van der Waals surface area contributed by atoms with Crippen LogP contribution in [-0.4, -0.2) is 60.7 Å². The lowest BCUT2D eigenvalue weighted by atomic mass is 9.79. The highest BCUT2D eigenvalue weighted by Gasteiger charge is 2.40. The Morgan fingerprint density at radius 1 is 1.30 bits per heavy atom. The number of aromatic nitrogens is 1. The second kappa shape index (κ2) is 8.96. The van der Waals surface area contributed by atoms with Crippen molar-refractivity contribution in [2.45, 2.75) is 47.1 Å². The Morgan fingerprint density at radius 3 is 2.80 bits per heavy atom. The predicted molar refractivity (Wildman–Crippen MR) is 119 cm³/mol. The molecule has 0 radical (unpaired) electrons. The van der Waals surface area contributed by atoms with Gasteiger partial charge in [-0.2, -0.15) is 0 Å². The van der Waals surface area contributed by atoms with E-state index in [0.29, 0.717) is 18.6 Å². The average Bonchev–Trinajstić information content (AvgIpc) is 3.26. The number of hydrogen-bond acceptors (Lipinski definition) is 7. The molecular formula is C22H28N4O2S2. The molecule has 2 N–H and O–H groups in total. The normalized spacial score (nSPS) is 30.9. The van der Waals surface area contributed by atoms with Crippen LogP contribution in [0.5, 0.6) is 0 Å². The third kappa shape index (κ3) is 4.29. The van der Waals surface area contributed by atoms with Crippen LogP contribution >= 0.6 is 23.1 Å². The molecule has 2 aromatic rings. The highest BCUT2D eigenvalue weighted by Crippen LogP contribution is 2.33. The quantitative estimate of drug-likeness (QED) is 0.739. The molecule has 4 aliphatic heterocycles. The summed E-state index contributed by atoms with van der Waals surface area (Å²) in [6, 6.07) is 8.76. The van der Waals surface area contributed by atoms with Crippen LogP contribution in [0.15, 0.2) is 38.9 Å². The number of fused-ring (bicyclic) bond motifs is 3.